The Balaban J connectivity index is 2.54. The van der Waals surface area contributed by atoms with Crippen molar-refractivity contribution < 1.29 is 9.18 Å². The van der Waals surface area contributed by atoms with Crippen molar-refractivity contribution in [3.05, 3.63) is 35.1 Å². The van der Waals surface area contributed by atoms with Gasteiger partial charge in [0.05, 0.1) is 18.2 Å². The van der Waals surface area contributed by atoms with Crippen molar-refractivity contribution in [1.82, 2.24) is 10.2 Å². The van der Waals surface area contributed by atoms with Gasteiger partial charge in [0.2, 0.25) is 5.91 Å². The average Bonchev–Trinajstić information content (AvgIpc) is 2.39. The summed E-state index contributed by atoms with van der Waals surface area (Å²) in [4.78, 5) is 13.1. The highest BCUT2D eigenvalue weighted by Crippen LogP contribution is 2.09. The van der Waals surface area contributed by atoms with Gasteiger partial charge in [-0.15, -0.1) is 0 Å². The Labute approximate surface area is 106 Å². The molecule has 0 bridgehead atoms. The van der Waals surface area contributed by atoms with Gasteiger partial charge in [0.15, 0.2) is 0 Å². The standard InChI is InChI=1S/C13H16FN3O/c1-3-17(2)13(18)9-16-8-11-6-10(7-15)4-5-12(11)14/h4-6,16H,3,8-9H2,1-2H3. The maximum Gasteiger partial charge on any atom is 0.236 e. The fourth-order valence-electron chi connectivity index (χ4n) is 1.40. The number of nitriles is 1. The molecule has 0 aliphatic carbocycles. The van der Waals surface area contributed by atoms with Gasteiger partial charge >= 0.3 is 0 Å². The van der Waals surface area contributed by atoms with E-state index in [9.17, 15) is 9.18 Å². The molecule has 0 aliphatic heterocycles. The third kappa shape index (κ3) is 3.82. The van der Waals surface area contributed by atoms with Crippen LogP contribution in [0.15, 0.2) is 18.2 Å². The molecule has 1 amide bonds. The summed E-state index contributed by atoms with van der Waals surface area (Å²) in [5, 5.41) is 11.6. The Morgan fingerprint density at radius 3 is 2.89 bits per heavy atom. The lowest BCUT2D eigenvalue weighted by molar-refractivity contribution is -0.128. The third-order valence-corrected chi connectivity index (χ3v) is 2.67. The van der Waals surface area contributed by atoms with Crippen LogP contribution in [0.3, 0.4) is 0 Å². The van der Waals surface area contributed by atoms with Crippen molar-refractivity contribution in [2.45, 2.75) is 13.5 Å². The fraction of sp³-hybridized carbons (Fsp3) is 0.385. The molecule has 0 radical (unpaired) electrons. The van der Waals surface area contributed by atoms with Crippen LogP contribution in [0.4, 0.5) is 4.39 Å². The van der Waals surface area contributed by atoms with Crippen LogP contribution < -0.4 is 5.32 Å². The van der Waals surface area contributed by atoms with Gasteiger partial charge in [0.25, 0.3) is 0 Å². The zero-order chi connectivity index (χ0) is 13.5. The molecule has 4 nitrogen and oxygen atoms in total. The van der Waals surface area contributed by atoms with Gasteiger partial charge in [0, 0.05) is 25.7 Å². The van der Waals surface area contributed by atoms with Gasteiger partial charge < -0.3 is 10.2 Å². The van der Waals surface area contributed by atoms with E-state index in [1.54, 1.807) is 11.9 Å². The minimum atomic E-state index is -0.377. The van der Waals surface area contributed by atoms with E-state index in [0.717, 1.165) is 0 Å². The van der Waals surface area contributed by atoms with Crippen LogP contribution in [-0.2, 0) is 11.3 Å². The minimum absolute atomic E-state index is 0.0469. The van der Waals surface area contributed by atoms with Gasteiger partial charge in [-0.1, -0.05) is 0 Å². The molecule has 1 aromatic rings. The number of likely N-dealkylation sites (N-methyl/N-ethyl adjacent to an activating group) is 1. The summed E-state index contributed by atoms with van der Waals surface area (Å²) in [5.41, 5.74) is 0.797. The molecule has 0 saturated heterocycles. The maximum absolute atomic E-state index is 13.4. The molecule has 0 fully saturated rings. The van der Waals surface area contributed by atoms with E-state index in [0.29, 0.717) is 17.7 Å². The van der Waals surface area contributed by atoms with Crippen molar-refractivity contribution in [2.75, 3.05) is 20.1 Å². The van der Waals surface area contributed by atoms with E-state index in [4.69, 9.17) is 5.26 Å². The van der Waals surface area contributed by atoms with Crippen LogP contribution in [0.1, 0.15) is 18.1 Å². The number of hydrogen-bond donors (Lipinski definition) is 1. The normalized spacial score (nSPS) is 9.89. The van der Waals surface area contributed by atoms with Gasteiger partial charge in [0.1, 0.15) is 5.82 Å². The molecule has 0 heterocycles. The highest BCUT2D eigenvalue weighted by molar-refractivity contribution is 5.77. The minimum Gasteiger partial charge on any atom is -0.345 e. The van der Waals surface area contributed by atoms with E-state index in [1.807, 2.05) is 13.0 Å². The van der Waals surface area contributed by atoms with Crippen molar-refractivity contribution in [3.8, 4) is 6.07 Å². The molecular formula is C13H16FN3O. The van der Waals surface area contributed by atoms with E-state index >= 15 is 0 Å². The summed E-state index contributed by atoms with van der Waals surface area (Å²) >= 11 is 0. The third-order valence-electron chi connectivity index (χ3n) is 2.67. The van der Waals surface area contributed by atoms with E-state index in [-0.39, 0.29) is 24.8 Å². The monoisotopic (exact) mass is 249 g/mol. The van der Waals surface area contributed by atoms with Gasteiger partial charge in [-0.2, -0.15) is 5.26 Å². The zero-order valence-corrected chi connectivity index (χ0v) is 10.5. The highest BCUT2D eigenvalue weighted by Gasteiger charge is 2.07. The van der Waals surface area contributed by atoms with Gasteiger partial charge in [-0.3, -0.25) is 4.79 Å². The average molecular weight is 249 g/mol. The molecule has 0 spiro atoms. The molecule has 18 heavy (non-hydrogen) atoms. The lowest BCUT2D eigenvalue weighted by atomic mass is 10.1. The molecule has 0 aromatic heterocycles. The lowest BCUT2D eigenvalue weighted by Gasteiger charge is -2.14. The molecule has 0 atom stereocenters. The first-order valence-corrected chi connectivity index (χ1v) is 5.71. The Morgan fingerprint density at radius 2 is 2.28 bits per heavy atom. The number of halogens is 1. The number of nitrogens with zero attached hydrogens (tertiary/aromatic N) is 2. The second-order valence-electron chi connectivity index (χ2n) is 3.93. The molecule has 0 aliphatic rings. The first-order chi connectivity index (χ1) is 8.58. The lowest BCUT2D eigenvalue weighted by Crippen LogP contribution is -2.35. The van der Waals surface area contributed by atoms with Crippen molar-refractivity contribution >= 4 is 5.91 Å². The van der Waals surface area contributed by atoms with Crippen LogP contribution in [-0.4, -0.2) is 30.9 Å². The number of hydrogen-bond acceptors (Lipinski definition) is 3. The number of amides is 1. The number of carbonyl (C=O) groups is 1. The first-order valence-electron chi connectivity index (χ1n) is 5.71. The summed E-state index contributed by atoms with van der Waals surface area (Å²) in [6.45, 7) is 2.90. The second-order valence-corrected chi connectivity index (χ2v) is 3.93. The van der Waals surface area contributed by atoms with E-state index < -0.39 is 0 Å². The van der Waals surface area contributed by atoms with Crippen molar-refractivity contribution in [1.29, 1.82) is 5.26 Å². The van der Waals surface area contributed by atoms with Crippen LogP contribution in [0.5, 0.6) is 0 Å². The number of rotatable bonds is 5. The van der Waals surface area contributed by atoms with Gasteiger partial charge in [-0.25, -0.2) is 4.39 Å². The number of benzene rings is 1. The molecule has 1 N–H and O–H groups in total. The van der Waals surface area contributed by atoms with Crippen molar-refractivity contribution in [2.24, 2.45) is 0 Å². The molecule has 1 aromatic carbocycles. The Bertz CT molecular complexity index is 468. The molecule has 1 rings (SSSR count). The summed E-state index contributed by atoms with van der Waals surface area (Å²) in [7, 11) is 1.71. The molecular weight excluding hydrogens is 233 g/mol. The van der Waals surface area contributed by atoms with Gasteiger partial charge in [-0.05, 0) is 25.1 Å². The zero-order valence-electron chi connectivity index (χ0n) is 10.5. The number of nitrogens with one attached hydrogen (secondary N) is 1. The largest absolute Gasteiger partial charge is 0.345 e. The van der Waals surface area contributed by atoms with E-state index in [2.05, 4.69) is 5.32 Å². The smallest absolute Gasteiger partial charge is 0.236 e. The van der Waals surface area contributed by atoms with Crippen LogP contribution in [0.2, 0.25) is 0 Å². The Morgan fingerprint density at radius 1 is 1.56 bits per heavy atom. The Hall–Kier alpha value is -1.93. The molecule has 0 saturated carbocycles. The summed E-state index contributed by atoms with van der Waals surface area (Å²) in [5.74, 6) is -0.424. The maximum atomic E-state index is 13.4. The fourth-order valence-corrected chi connectivity index (χ4v) is 1.40. The quantitative estimate of drug-likeness (QED) is 0.854. The Kier molecular flexibility index (Phi) is 5.28. The van der Waals surface area contributed by atoms with Crippen molar-refractivity contribution in [3.63, 3.8) is 0 Å². The topological polar surface area (TPSA) is 56.1 Å². The first kappa shape index (κ1) is 14.1. The van der Waals surface area contributed by atoms with Crippen LogP contribution >= 0.6 is 0 Å². The summed E-state index contributed by atoms with van der Waals surface area (Å²) in [6.07, 6.45) is 0. The second kappa shape index (κ2) is 6.72. The predicted octanol–water partition coefficient (Wildman–Crippen LogP) is 1.27. The van der Waals surface area contributed by atoms with E-state index in [1.165, 1.54) is 18.2 Å². The molecule has 96 valence electrons. The number of carbonyl (C=O) groups excluding carboxylic acids is 1. The summed E-state index contributed by atoms with van der Waals surface area (Å²) < 4.78 is 13.4. The molecule has 0 unspecified atom stereocenters. The van der Waals surface area contributed by atoms with Crippen LogP contribution in [0.25, 0.3) is 0 Å². The summed E-state index contributed by atoms with van der Waals surface area (Å²) in [6, 6.07) is 6.12. The van der Waals surface area contributed by atoms with Crippen LogP contribution in [0, 0.1) is 17.1 Å². The predicted molar refractivity (Wildman–Crippen MR) is 66.1 cm³/mol. The highest BCUT2D eigenvalue weighted by atomic mass is 19.1. The SMILES string of the molecule is CCN(C)C(=O)CNCc1cc(C#N)ccc1F. The molecule has 5 heteroatoms.